The van der Waals surface area contributed by atoms with Gasteiger partial charge in [-0.2, -0.15) is 0 Å². The van der Waals surface area contributed by atoms with Crippen LogP contribution in [0.4, 0.5) is 0 Å². The first-order chi connectivity index (χ1) is 6.88. The van der Waals surface area contributed by atoms with E-state index in [-0.39, 0.29) is 0 Å². The summed E-state index contributed by atoms with van der Waals surface area (Å²) in [5.41, 5.74) is 0. The Balaban J connectivity index is 1.57. The van der Waals surface area contributed by atoms with E-state index < -0.39 is 0 Å². The van der Waals surface area contributed by atoms with Crippen molar-refractivity contribution >= 4 is 0 Å². The highest BCUT2D eigenvalue weighted by Gasteiger charge is 2.24. The zero-order valence-electron chi connectivity index (χ0n) is 9.60. The summed E-state index contributed by atoms with van der Waals surface area (Å²) < 4.78 is 0. The molecule has 82 valence electrons. The number of nitrogens with one attached hydrogen (secondary N) is 1. The third-order valence-electron chi connectivity index (χ3n) is 3.94. The van der Waals surface area contributed by atoms with Gasteiger partial charge in [-0.25, -0.2) is 0 Å². The molecule has 1 nitrogen and oxygen atoms in total. The lowest BCUT2D eigenvalue weighted by molar-refractivity contribution is 0.277. The van der Waals surface area contributed by atoms with Gasteiger partial charge >= 0.3 is 0 Å². The van der Waals surface area contributed by atoms with Crippen LogP contribution in [0.25, 0.3) is 0 Å². The Kier molecular flexibility index (Phi) is 3.86. The minimum Gasteiger partial charge on any atom is -0.314 e. The molecule has 0 atom stereocenters. The summed E-state index contributed by atoms with van der Waals surface area (Å²) in [4.78, 5) is 0. The molecule has 1 N–H and O–H groups in total. The van der Waals surface area contributed by atoms with Gasteiger partial charge in [0.25, 0.3) is 0 Å². The molecule has 0 unspecified atom stereocenters. The SMILES string of the molecule is CCCC1CCC(NCC2CC2)CC1. The highest BCUT2D eigenvalue weighted by atomic mass is 14.9. The number of hydrogen-bond donors (Lipinski definition) is 1. The molecular weight excluding hydrogens is 170 g/mol. The van der Waals surface area contributed by atoms with E-state index >= 15 is 0 Å². The van der Waals surface area contributed by atoms with E-state index in [0.29, 0.717) is 0 Å². The molecule has 2 aliphatic carbocycles. The molecule has 2 rings (SSSR count). The minimum absolute atomic E-state index is 0.865. The molecule has 0 aliphatic heterocycles. The fourth-order valence-electron chi connectivity index (χ4n) is 2.72. The van der Waals surface area contributed by atoms with Gasteiger partial charge in [-0.05, 0) is 56.9 Å². The van der Waals surface area contributed by atoms with Crippen molar-refractivity contribution in [2.75, 3.05) is 6.54 Å². The van der Waals surface area contributed by atoms with Gasteiger partial charge in [0.15, 0.2) is 0 Å². The van der Waals surface area contributed by atoms with Crippen molar-refractivity contribution in [2.24, 2.45) is 11.8 Å². The summed E-state index contributed by atoms with van der Waals surface area (Å²) in [7, 11) is 0. The lowest BCUT2D eigenvalue weighted by Crippen LogP contribution is -2.34. The van der Waals surface area contributed by atoms with Gasteiger partial charge in [-0.1, -0.05) is 19.8 Å². The Morgan fingerprint density at radius 3 is 2.14 bits per heavy atom. The predicted octanol–water partition coefficient (Wildman–Crippen LogP) is 3.34. The number of hydrogen-bond acceptors (Lipinski definition) is 1. The van der Waals surface area contributed by atoms with Crippen LogP contribution in [-0.2, 0) is 0 Å². The maximum Gasteiger partial charge on any atom is 0.00673 e. The van der Waals surface area contributed by atoms with E-state index in [1.807, 2.05) is 0 Å². The summed E-state index contributed by atoms with van der Waals surface area (Å²) in [6, 6.07) is 0.865. The third-order valence-corrected chi connectivity index (χ3v) is 3.94. The molecule has 0 aromatic carbocycles. The molecule has 0 saturated heterocycles. The number of rotatable bonds is 5. The van der Waals surface area contributed by atoms with Gasteiger partial charge in [0.1, 0.15) is 0 Å². The van der Waals surface area contributed by atoms with Crippen molar-refractivity contribution in [3.05, 3.63) is 0 Å². The Morgan fingerprint density at radius 1 is 0.929 bits per heavy atom. The highest BCUT2D eigenvalue weighted by molar-refractivity contribution is 4.81. The normalized spacial score (nSPS) is 33.2. The fourth-order valence-corrected chi connectivity index (χ4v) is 2.72. The van der Waals surface area contributed by atoms with Crippen molar-refractivity contribution in [1.29, 1.82) is 0 Å². The summed E-state index contributed by atoms with van der Waals surface area (Å²) in [6.07, 6.45) is 11.7. The molecule has 0 spiro atoms. The van der Waals surface area contributed by atoms with E-state index in [1.165, 1.54) is 57.9 Å². The average Bonchev–Trinajstić information content (AvgIpc) is 3.01. The highest BCUT2D eigenvalue weighted by Crippen LogP contribution is 2.30. The second-order valence-electron chi connectivity index (χ2n) is 5.36. The summed E-state index contributed by atoms with van der Waals surface area (Å²) >= 11 is 0. The largest absolute Gasteiger partial charge is 0.314 e. The van der Waals surface area contributed by atoms with Crippen LogP contribution in [0.3, 0.4) is 0 Å². The Hall–Kier alpha value is -0.0400. The van der Waals surface area contributed by atoms with Gasteiger partial charge < -0.3 is 5.32 Å². The molecule has 2 fully saturated rings. The fraction of sp³-hybridized carbons (Fsp3) is 1.00. The Bertz CT molecular complexity index is 155. The van der Waals surface area contributed by atoms with Crippen LogP contribution >= 0.6 is 0 Å². The van der Waals surface area contributed by atoms with Crippen molar-refractivity contribution in [3.8, 4) is 0 Å². The van der Waals surface area contributed by atoms with Crippen LogP contribution in [0.15, 0.2) is 0 Å². The van der Waals surface area contributed by atoms with Crippen LogP contribution in [0, 0.1) is 11.8 Å². The lowest BCUT2D eigenvalue weighted by atomic mass is 9.83. The minimum atomic E-state index is 0.865. The van der Waals surface area contributed by atoms with Gasteiger partial charge in [0, 0.05) is 6.04 Å². The monoisotopic (exact) mass is 195 g/mol. The maximum absolute atomic E-state index is 3.75. The zero-order valence-corrected chi connectivity index (χ0v) is 9.60. The van der Waals surface area contributed by atoms with Crippen LogP contribution in [-0.4, -0.2) is 12.6 Å². The molecule has 0 aromatic rings. The smallest absolute Gasteiger partial charge is 0.00673 e. The third kappa shape index (κ3) is 3.27. The molecule has 2 aliphatic rings. The van der Waals surface area contributed by atoms with Crippen molar-refractivity contribution in [1.82, 2.24) is 5.32 Å². The molecule has 0 bridgehead atoms. The molecule has 2 saturated carbocycles. The van der Waals surface area contributed by atoms with E-state index in [1.54, 1.807) is 0 Å². The van der Waals surface area contributed by atoms with Crippen LogP contribution in [0.5, 0.6) is 0 Å². The molecule has 0 radical (unpaired) electrons. The van der Waals surface area contributed by atoms with Crippen molar-refractivity contribution in [2.45, 2.75) is 64.3 Å². The quantitative estimate of drug-likeness (QED) is 0.709. The van der Waals surface area contributed by atoms with Crippen LogP contribution in [0.2, 0.25) is 0 Å². The van der Waals surface area contributed by atoms with Gasteiger partial charge in [-0.15, -0.1) is 0 Å². The van der Waals surface area contributed by atoms with E-state index in [2.05, 4.69) is 12.2 Å². The van der Waals surface area contributed by atoms with E-state index in [9.17, 15) is 0 Å². The molecule has 0 heterocycles. The van der Waals surface area contributed by atoms with Crippen molar-refractivity contribution in [3.63, 3.8) is 0 Å². The zero-order chi connectivity index (χ0) is 9.80. The van der Waals surface area contributed by atoms with Crippen LogP contribution in [0.1, 0.15) is 58.3 Å². The maximum atomic E-state index is 3.75. The van der Waals surface area contributed by atoms with Gasteiger partial charge in [-0.3, -0.25) is 0 Å². The molecule has 0 amide bonds. The first-order valence-electron chi connectivity index (χ1n) is 6.62. The second kappa shape index (κ2) is 5.16. The van der Waals surface area contributed by atoms with Gasteiger partial charge in [0.05, 0.1) is 0 Å². The second-order valence-corrected chi connectivity index (χ2v) is 5.36. The lowest BCUT2D eigenvalue weighted by Gasteiger charge is -2.29. The topological polar surface area (TPSA) is 12.0 Å². The molecular formula is C13H25N. The summed E-state index contributed by atoms with van der Waals surface area (Å²) in [5, 5.41) is 3.75. The van der Waals surface area contributed by atoms with Gasteiger partial charge in [0.2, 0.25) is 0 Å². The molecule has 14 heavy (non-hydrogen) atoms. The Labute approximate surface area is 88.7 Å². The summed E-state index contributed by atoms with van der Waals surface area (Å²) in [6.45, 7) is 3.63. The van der Waals surface area contributed by atoms with Crippen molar-refractivity contribution < 1.29 is 0 Å². The average molecular weight is 195 g/mol. The van der Waals surface area contributed by atoms with E-state index in [0.717, 1.165) is 17.9 Å². The molecule has 1 heteroatoms. The standard InChI is InChI=1S/C13H25N/c1-2-3-11-6-8-13(9-7-11)14-10-12-4-5-12/h11-14H,2-10H2,1H3. The van der Waals surface area contributed by atoms with Crippen LogP contribution < -0.4 is 5.32 Å². The van der Waals surface area contributed by atoms with E-state index in [4.69, 9.17) is 0 Å². The predicted molar refractivity (Wildman–Crippen MR) is 61.4 cm³/mol. The Morgan fingerprint density at radius 2 is 1.57 bits per heavy atom. The molecule has 0 aromatic heterocycles. The first-order valence-corrected chi connectivity index (χ1v) is 6.62. The first kappa shape index (κ1) is 10.5. The summed E-state index contributed by atoms with van der Waals surface area (Å²) in [5.74, 6) is 2.10.